The van der Waals surface area contributed by atoms with Crippen molar-refractivity contribution in [2.24, 2.45) is 0 Å². The highest BCUT2D eigenvalue weighted by Crippen LogP contribution is 2.22. The topological polar surface area (TPSA) is 47.0 Å². The quantitative estimate of drug-likeness (QED) is 0.611. The molecule has 1 aromatic heterocycles. The minimum absolute atomic E-state index is 0.0430. The molecule has 1 heterocycles. The van der Waals surface area contributed by atoms with Gasteiger partial charge in [0, 0.05) is 31.7 Å². The van der Waals surface area contributed by atoms with Crippen LogP contribution in [0.15, 0.2) is 10.7 Å². The van der Waals surface area contributed by atoms with Crippen LogP contribution in [0.3, 0.4) is 0 Å². The van der Waals surface area contributed by atoms with Gasteiger partial charge in [-0.1, -0.05) is 20.8 Å². The third kappa shape index (κ3) is 6.34. The second-order valence-electron chi connectivity index (χ2n) is 5.63. The summed E-state index contributed by atoms with van der Waals surface area (Å²) in [5.41, 5.74) is -0.0430. The van der Waals surface area contributed by atoms with Crippen molar-refractivity contribution >= 4 is 21.7 Å². The van der Waals surface area contributed by atoms with Crippen LogP contribution in [0.5, 0.6) is 0 Å². The average Bonchev–Trinajstić information content (AvgIpc) is 2.32. The Morgan fingerprint density at radius 1 is 1.21 bits per heavy atom. The van der Waals surface area contributed by atoms with Gasteiger partial charge in [0.05, 0.1) is 0 Å². The Kier molecular flexibility index (Phi) is 6.72. The zero-order chi connectivity index (χ0) is 14.3. The van der Waals surface area contributed by atoms with E-state index in [1.807, 2.05) is 6.07 Å². The van der Waals surface area contributed by atoms with Crippen molar-refractivity contribution in [1.29, 1.82) is 0 Å². The fourth-order valence-electron chi connectivity index (χ4n) is 1.61. The normalized spacial score (nSPS) is 11.6. The van der Waals surface area contributed by atoms with Gasteiger partial charge in [-0.3, -0.25) is 0 Å². The molecule has 0 aliphatic rings. The van der Waals surface area contributed by atoms with Crippen molar-refractivity contribution in [3.63, 3.8) is 0 Å². The monoisotopic (exact) mass is 329 g/mol. The van der Waals surface area contributed by atoms with Crippen LogP contribution in [-0.4, -0.2) is 30.2 Å². The van der Waals surface area contributed by atoms with Gasteiger partial charge in [0.15, 0.2) is 0 Å². The molecular weight excluding hydrogens is 306 g/mol. The molecule has 0 spiro atoms. The number of ether oxygens (including phenoxy) is 1. The SMILES string of the molecule is COCCCCCNc1cc(Br)nc(C(C)(C)C)n1. The molecular formula is C14H24BrN3O. The van der Waals surface area contributed by atoms with Crippen LogP contribution >= 0.6 is 15.9 Å². The van der Waals surface area contributed by atoms with E-state index < -0.39 is 0 Å². The lowest BCUT2D eigenvalue weighted by molar-refractivity contribution is 0.192. The van der Waals surface area contributed by atoms with Crippen LogP contribution in [0, 0.1) is 0 Å². The van der Waals surface area contributed by atoms with Crippen molar-refractivity contribution in [3.05, 3.63) is 16.5 Å². The lowest BCUT2D eigenvalue weighted by Gasteiger charge is -2.18. The number of methoxy groups -OCH3 is 1. The minimum Gasteiger partial charge on any atom is -0.385 e. The molecule has 0 aliphatic heterocycles. The maximum Gasteiger partial charge on any atom is 0.137 e. The van der Waals surface area contributed by atoms with Gasteiger partial charge >= 0.3 is 0 Å². The zero-order valence-corrected chi connectivity index (χ0v) is 13.9. The van der Waals surface area contributed by atoms with Crippen LogP contribution < -0.4 is 5.32 Å². The summed E-state index contributed by atoms with van der Waals surface area (Å²) in [4.78, 5) is 8.98. The molecule has 0 fully saturated rings. The fourth-order valence-corrected chi connectivity index (χ4v) is 1.99. The molecule has 0 bridgehead atoms. The van der Waals surface area contributed by atoms with Crippen LogP contribution in [0.4, 0.5) is 5.82 Å². The van der Waals surface area contributed by atoms with Crippen molar-refractivity contribution in [2.75, 3.05) is 25.6 Å². The number of rotatable bonds is 7. The summed E-state index contributed by atoms with van der Waals surface area (Å²) in [6.45, 7) is 8.11. The largest absolute Gasteiger partial charge is 0.385 e. The molecule has 0 saturated carbocycles. The standard InChI is InChI=1S/C14H24BrN3O/c1-14(2,3)13-17-11(15)10-12(18-13)16-8-6-5-7-9-19-4/h10H,5-9H2,1-4H3,(H,16,17,18). The third-order valence-electron chi connectivity index (χ3n) is 2.70. The summed E-state index contributed by atoms with van der Waals surface area (Å²) < 4.78 is 5.86. The molecule has 19 heavy (non-hydrogen) atoms. The number of unbranched alkanes of at least 4 members (excludes halogenated alkanes) is 2. The molecule has 0 saturated heterocycles. The van der Waals surface area contributed by atoms with Gasteiger partial charge in [0.2, 0.25) is 0 Å². The van der Waals surface area contributed by atoms with E-state index in [4.69, 9.17) is 4.74 Å². The minimum atomic E-state index is -0.0430. The molecule has 1 aromatic rings. The van der Waals surface area contributed by atoms with E-state index in [0.29, 0.717) is 0 Å². The van der Waals surface area contributed by atoms with Gasteiger partial charge in [0.25, 0.3) is 0 Å². The maximum atomic E-state index is 5.03. The highest BCUT2D eigenvalue weighted by molar-refractivity contribution is 9.10. The van der Waals surface area contributed by atoms with E-state index in [0.717, 1.165) is 42.2 Å². The zero-order valence-electron chi connectivity index (χ0n) is 12.3. The predicted octanol–water partition coefficient (Wildman–Crippen LogP) is 3.77. The summed E-state index contributed by atoms with van der Waals surface area (Å²) in [6, 6.07) is 1.92. The second-order valence-corrected chi connectivity index (χ2v) is 6.44. The van der Waals surface area contributed by atoms with Crippen LogP contribution in [0.1, 0.15) is 45.9 Å². The average molecular weight is 330 g/mol. The summed E-state index contributed by atoms with van der Waals surface area (Å²) in [6.07, 6.45) is 3.40. The highest BCUT2D eigenvalue weighted by Gasteiger charge is 2.18. The third-order valence-corrected chi connectivity index (χ3v) is 3.10. The first kappa shape index (κ1) is 16.4. The number of anilines is 1. The maximum absolute atomic E-state index is 5.03. The number of hydrogen-bond donors (Lipinski definition) is 1. The Morgan fingerprint density at radius 3 is 2.58 bits per heavy atom. The highest BCUT2D eigenvalue weighted by atomic mass is 79.9. The number of nitrogens with one attached hydrogen (secondary N) is 1. The Morgan fingerprint density at radius 2 is 1.95 bits per heavy atom. The fraction of sp³-hybridized carbons (Fsp3) is 0.714. The molecule has 1 rings (SSSR count). The molecule has 108 valence electrons. The van der Waals surface area contributed by atoms with Gasteiger partial charge in [-0.25, -0.2) is 9.97 Å². The van der Waals surface area contributed by atoms with Gasteiger partial charge in [-0.2, -0.15) is 0 Å². The van der Waals surface area contributed by atoms with Gasteiger partial charge in [-0.05, 0) is 35.2 Å². The number of aromatic nitrogens is 2. The Bertz CT molecular complexity index is 391. The Labute approximate surface area is 124 Å². The lowest BCUT2D eigenvalue weighted by atomic mass is 9.96. The number of hydrogen-bond acceptors (Lipinski definition) is 4. The van der Waals surface area contributed by atoms with E-state index in [1.54, 1.807) is 7.11 Å². The van der Waals surface area contributed by atoms with Crippen molar-refractivity contribution in [3.8, 4) is 0 Å². The van der Waals surface area contributed by atoms with Crippen molar-refractivity contribution in [2.45, 2.75) is 45.4 Å². The van der Waals surface area contributed by atoms with Crippen LogP contribution in [0.25, 0.3) is 0 Å². The Balaban J connectivity index is 2.48. The van der Waals surface area contributed by atoms with Crippen molar-refractivity contribution < 1.29 is 4.74 Å². The first-order valence-electron chi connectivity index (χ1n) is 6.71. The van der Waals surface area contributed by atoms with E-state index in [-0.39, 0.29) is 5.41 Å². The summed E-state index contributed by atoms with van der Waals surface area (Å²) in [5, 5.41) is 3.35. The van der Waals surface area contributed by atoms with Crippen LogP contribution in [-0.2, 0) is 10.2 Å². The molecule has 0 aromatic carbocycles. The molecule has 4 nitrogen and oxygen atoms in total. The Hall–Kier alpha value is -0.680. The number of nitrogens with zero attached hydrogens (tertiary/aromatic N) is 2. The molecule has 0 atom stereocenters. The molecule has 5 heteroatoms. The van der Waals surface area contributed by atoms with Crippen molar-refractivity contribution in [1.82, 2.24) is 9.97 Å². The molecule has 1 N–H and O–H groups in total. The summed E-state index contributed by atoms with van der Waals surface area (Å²) >= 11 is 3.44. The van der Waals surface area contributed by atoms with Crippen LogP contribution in [0.2, 0.25) is 0 Å². The molecule has 0 aliphatic carbocycles. The van der Waals surface area contributed by atoms with Gasteiger partial charge < -0.3 is 10.1 Å². The van der Waals surface area contributed by atoms with E-state index in [2.05, 4.69) is 52.0 Å². The predicted molar refractivity (Wildman–Crippen MR) is 82.6 cm³/mol. The smallest absolute Gasteiger partial charge is 0.137 e. The first-order chi connectivity index (χ1) is 8.93. The number of halogens is 1. The second kappa shape index (κ2) is 7.80. The summed E-state index contributed by atoms with van der Waals surface area (Å²) in [7, 11) is 1.74. The van der Waals surface area contributed by atoms with Gasteiger partial charge in [-0.15, -0.1) is 0 Å². The summed E-state index contributed by atoms with van der Waals surface area (Å²) in [5.74, 6) is 1.74. The molecule has 0 amide bonds. The molecule has 0 radical (unpaired) electrons. The molecule has 0 unspecified atom stereocenters. The lowest BCUT2D eigenvalue weighted by Crippen LogP contribution is -2.17. The first-order valence-corrected chi connectivity index (χ1v) is 7.50. The van der Waals surface area contributed by atoms with E-state index >= 15 is 0 Å². The van der Waals surface area contributed by atoms with E-state index in [9.17, 15) is 0 Å². The van der Waals surface area contributed by atoms with Gasteiger partial charge in [0.1, 0.15) is 16.2 Å². The van der Waals surface area contributed by atoms with E-state index in [1.165, 1.54) is 6.42 Å².